The third-order valence-electron chi connectivity index (χ3n) is 6.61. The van der Waals surface area contributed by atoms with Gasteiger partial charge in [0, 0.05) is 12.1 Å². The SMILES string of the molecule is Cc1cc(F)cc(C)c1C1=C[C@H]2C[C@@H]1N(C(=O)CN1Cc3c(ccc(F)c3F)NC1=O)C2. The van der Waals surface area contributed by atoms with Crippen molar-refractivity contribution in [1.29, 1.82) is 0 Å². The van der Waals surface area contributed by atoms with Gasteiger partial charge >= 0.3 is 6.03 Å². The Kier molecular flexibility index (Phi) is 4.76. The van der Waals surface area contributed by atoms with Crippen molar-refractivity contribution in [3.8, 4) is 0 Å². The minimum atomic E-state index is -1.02. The fourth-order valence-corrected chi connectivity index (χ4v) is 5.24. The van der Waals surface area contributed by atoms with Crippen LogP contribution in [0.25, 0.3) is 5.57 Å². The molecule has 32 heavy (non-hydrogen) atoms. The molecule has 1 N–H and O–H groups in total. The van der Waals surface area contributed by atoms with Crippen LogP contribution in [0.3, 0.4) is 0 Å². The van der Waals surface area contributed by atoms with Crippen LogP contribution in [-0.2, 0) is 11.3 Å². The average molecular weight is 441 g/mol. The zero-order chi connectivity index (χ0) is 22.7. The van der Waals surface area contributed by atoms with Crippen molar-refractivity contribution in [2.24, 2.45) is 5.92 Å². The quantitative estimate of drug-likeness (QED) is 0.769. The Morgan fingerprint density at radius 1 is 1.16 bits per heavy atom. The van der Waals surface area contributed by atoms with Gasteiger partial charge in [-0.25, -0.2) is 18.0 Å². The number of urea groups is 1. The molecule has 0 aromatic heterocycles. The van der Waals surface area contributed by atoms with Gasteiger partial charge in [0.15, 0.2) is 11.6 Å². The van der Waals surface area contributed by atoms with E-state index in [1.807, 2.05) is 13.8 Å². The van der Waals surface area contributed by atoms with E-state index in [1.165, 1.54) is 23.1 Å². The number of carbonyl (C=O) groups excluding carboxylic acids is 2. The molecule has 8 heteroatoms. The van der Waals surface area contributed by atoms with Crippen molar-refractivity contribution in [3.05, 3.63) is 70.0 Å². The molecule has 2 bridgehead atoms. The number of anilines is 1. The van der Waals surface area contributed by atoms with Gasteiger partial charge in [0.25, 0.3) is 0 Å². The van der Waals surface area contributed by atoms with E-state index < -0.39 is 17.7 Å². The summed E-state index contributed by atoms with van der Waals surface area (Å²) < 4.78 is 41.6. The van der Waals surface area contributed by atoms with Crippen LogP contribution in [0, 0.1) is 37.2 Å². The molecule has 0 spiro atoms. The number of carbonyl (C=O) groups is 2. The molecule has 5 rings (SSSR count). The van der Waals surface area contributed by atoms with Gasteiger partial charge in [-0.3, -0.25) is 4.79 Å². The number of nitrogens with one attached hydrogen (secondary N) is 1. The summed E-state index contributed by atoms with van der Waals surface area (Å²) in [6.07, 6.45) is 2.94. The number of hydrogen-bond donors (Lipinski definition) is 1. The maximum absolute atomic E-state index is 14.2. The summed E-state index contributed by atoms with van der Waals surface area (Å²) in [6, 6.07) is 4.58. The number of amides is 3. The Hall–Kier alpha value is -3.29. The van der Waals surface area contributed by atoms with Crippen molar-refractivity contribution in [3.63, 3.8) is 0 Å². The summed E-state index contributed by atoms with van der Waals surface area (Å²) in [6.45, 7) is 3.83. The summed E-state index contributed by atoms with van der Waals surface area (Å²) in [4.78, 5) is 28.5. The second-order valence-electron chi connectivity index (χ2n) is 8.77. The van der Waals surface area contributed by atoms with Gasteiger partial charge in [0.2, 0.25) is 5.91 Å². The first-order chi connectivity index (χ1) is 15.2. The Labute approximate surface area is 183 Å². The van der Waals surface area contributed by atoms with Gasteiger partial charge in [-0.2, -0.15) is 0 Å². The first-order valence-corrected chi connectivity index (χ1v) is 10.5. The molecular formula is C24H22F3N3O2. The molecule has 166 valence electrons. The van der Waals surface area contributed by atoms with E-state index in [-0.39, 0.29) is 48.0 Å². The highest BCUT2D eigenvalue weighted by atomic mass is 19.2. The highest BCUT2D eigenvalue weighted by Gasteiger charge is 2.43. The Balaban J connectivity index is 1.36. The van der Waals surface area contributed by atoms with Crippen molar-refractivity contribution in [2.45, 2.75) is 32.9 Å². The molecule has 2 aromatic rings. The van der Waals surface area contributed by atoms with Gasteiger partial charge in [0.1, 0.15) is 12.4 Å². The Morgan fingerprint density at radius 2 is 1.88 bits per heavy atom. The standard InChI is InChI=1S/C24H22F3N3O2/c1-12-5-15(25)6-13(2)22(12)16-7-14-8-20(16)30(9-14)21(31)11-29-10-17-19(28-24(29)32)4-3-18(26)23(17)27/h3-7,14,20H,8-11H2,1-2H3,(H,28,32)/t14-,20-/m0/s1. The first kappa shape index (κ1) is 20.6. The summed E-state index contributed by atoms with van der Waals surface area (Å²) in [7, 11) is 0. The molecule has 3 amide bonds. The lowest BCUT2D eigenvalue weighted by Gasteiger charge is -2.34. The van der Waals surface area contributed by atoms with E-state index in [2.05, 4.69) is 11.4 Å². The lowest BCUT2D eigenvalue weighted by atomic mass is 9.91. The summed E-state index contributed by atoms with van der Waals surface area (Å²) in [5.74, 6) is -2.36. The number of likely N-dealkylation sites (tertiary alicyclic amines) is 1. The summed E-state index contributed by atoms with van der Waals surface area (Å²) >= 11 is 0. The fraction of sp³-hybridized carbons (Fsp3) is 0.333. The number of halogens is 3. The second-order valence-corrected chi connectivity index (χ2v) is 8.77. The molecule has 1 fully saturated rings. The number of rotatable bonds is 3. The van der Waals surface area contributed by atoms with Crippen molar-refractivity contribution >= 4 is 23.2 Å². The predicted molar refractivity (Wildman–Crippen MR) is 113 cm³/mol. The van der Waals surface area contributed by atoms with Gasteiger partial charge in [0.05, 0.1) is 18.3 Å². The third kappa shape index (κ3) is 3.25. The highest BCUT2D eigenvalue weighted by Crippen LogP contribution is 2.43. The Morgan fingerprint density at radius 3 is 2.56 bits per heavy atom. The lowest BCUT2D eigenvalue weighted by Crippen LogP contribution is -2.48. The van der Waals surface area contributed by atoms with Crippen LogP contribution in [0.15, 0.2) is 30.3 Å². The molecule has 1 aliphatic carbocycles. The van der Waals surface area contributed by atoms with Crippen LogP contribution >= 0.6 is 0 Å². The van der Waals surface area contributed by atoms with Crippen LogP contribution in [0.2, 0.25) is 0 Å². The zero-order valence-corrected chi connectivity index (χ0v) is 17.7. The maximum Gasteiger partial charge on any atom is 0.322 e. The van der Waals surface area contributed by atoms with E-state index in [0.29, 0.717) is 6.54 Å². The monoisotopic (exact) mass is 441 g/mol. The number of aryl methyl sites for hydroxylation is 2. The van der Waals surface area contributed by atoms with E-state index in [0.717, 1.165) is 34.8 Å². The molecule has 0 radical (unpaired) electrons. The van der Waals surface area contributed by atoms with Gasteiger partial charge < -0.3 is 15.1 Å². The number of nitrogens with zero attached hydrogens (tertiary/aromatic N) is 2. The van der Waals surface area contributed by atoms with Crippen LogP contribution in [0.4, 0.5) is 23.7 Å². The molecule has 2 heterocycles. The van der Waals surface area contributed by atoms with Gasteiger partial charge in [-0.1, -0.05) is 6.08 Å². The molecular weight excluding hydrogens is 419 g/mol. The maximum atomic E-state index is 14.2. The molecule has 1 saturated heterocycles. The van der Waals surface area contributed by atoms with Crippen LogP contribution in [0.1, 0.15) is 28.7 Å². The lowest BCUT2D eigenvalue weighted by molar-refractivity contribution is -0.132. The molecule has 3 aliphatic rings. The van der Waals surface area contributed by atoms with Gasteiger partial charge in [-0.05, 0) is 72.7 Å². The van der Waals surface area contributed by atoms with E-state index >= 15 is 0 Å². The molecule has 0 saturated carbocycles. The molecule has 5 nitrogen and oxygen atoms in total. The molecule has 2 atom stereocenters. The smallest absolute Gasteiger partial charge is 0.322 e. The predicted octanol–water partition coefficient (Wildman–Crippen LogP) is 4.38. The number of benzene rings is 2. The van der Waals surface area contributed by atoms with Crippen molar-refractivity contribution < 1.29 is 22.8 Å². The van der Waals surface area contributed by atoms with Crippen molar-refractivity contribution in [2.75, 3.05) is 18.4 Å². The largest absolute Gasteiger partial charge is 0.333 e. The zero-order valence-electron chi connectivity index (χ0n) is 17.7. The average Bonchev–Trinajstić information content (AvgIpc) is 3.32. The molecule has 2 aliphatic heterocycles. The fourth-order valence-electron chi connectivity index (χ4n) is 5.24. The topological polar surface area (TPSA) is 52.7 Å². The van der Waals surface area contributed by atoms with Crippen molar-refractivity contribution in [1.82, 2.24) is 9.80 Å². The third-order valence-corrected chi connectivity index (χ3v) is 6.61. The minimum absolute atomic E-state index is 0.0264. The highest BCUT2D eigenvalue weighted by molar-refractivity contribution is 5.95. The van der Waals surface area contributed by atoms with E-state index in [9.17, 15) is 22.8 Å². The van der Waals surface area contributed by atoms with Crippen LogP contribution in [-0.4, -0.2) is 40.9 Å². The van der Waals surface area contributed by atoms with Crippen LogP contribution in [0.5, 0.6) is 0 Å². The van der Waals surface area contributed by atoms with Crippen LogP contribution < -0.4 is 5.32 Å². The summed E-state index contributed by atoms with van der Waals surface area (Å²) in [5.41, 5.74) is 3.84. The normalized spacial score (nSPS) is 21.5. The minimum Gasteiger partial charge on any atom is -0.333 e. The van der Waals surface area contributed by atoms with Gasteiger partial charge in [-0.15, -0.1) is 0 Å². The first-order valence-electron chi connectivity index (χ1n) is 10.5. The summed E-state index contributed by atoms with van der Waals surface area (Å²) in [5, 5.41) is 2.53. The number of hydrogen-bond acceptors (Lipinski definition) is 2. The Bertz CT molecular complexity index is 1170. The van der Waals surface area contributed by atoms with E-state index in [1.54, 1.807) is 4.90 Å². The molecule has 2 aromatic carbocycles. The molecule has 0 unspecified atom stereocenters. The number of fused-ring (bicyclic) bond motifs is 3. The van der Waals surface area contributed by atoms with E-state index in [4.69, 9.17) is 0 Å². The second kappa shape index (κ2) is 7.39.